The number of hydrogen-bond donors (Lipinski definition) is 4. The summed E-state index contributed by atoms with van der Waals surface area (Å²) in [6.07, 6.45) is -1.08. The van der Waals surface area contributed by atoms with Gasteiger partial charge >= 0.3 is 6.18 Å². The maximum absolute atomic E-state index is 13.5. The van der Waals surface area contributed by atoms with E-state index in [4.69, 9.17) is 0 Å². The molecule has 0 aliphatic carbocycles. The first kappa shape index (κ1) is 29.1. The molecule has 0 atom stereocenters. The van der Waals surface area contributed by atoms with E-state index in [0.29, 0.717) is 16.4 Å². The van der Waals surface area contributed by atoms with Crippen LogP contribution < -0.4 is 26.4 Å². The Morgan fingerprint density at radius 3 is 2.55 bits per heavy atom. The van der Waals surface area contributed by atoms with Crippen LogP contribution in [0.15, 0.2) is 48.8 Å². The minimum atomic E-state index is -4.55. The number of carbonyl (C=O) groups excluding carboxylic acids is 2. The zero-order valence-electron chi connectivity index (χ0n) is 22.6. The van der Waals surface area contributed by atoms with Gasteiger partial charge in [0.1, 0.15) is 0 Å². The van der Waals surface area contributed by atoms with Crippen LogP contribution in [0.4, 0.5) is 29.7 Å². The number of aryl methyl sites for hydroxylation is 1. The van der Waals surface area contributed by atoms with Gasteiger partial charge in [0.15, 0.2) is 5.13 Å². The minimum Gasteiger partial charge on any atom is -0.322 e. The molecule has 9 nitrogen and oxygen atoms in total. The Hall–Kier alpha value is -3.94. The third-order valence-electron chi connectivity index (χ3n) is 5.92. The predicted molar refractivity (Wildman–Crippen MR) is 150 cm³/mol. The van der Waals surface area contributed by atoms with Crippen LogP contribution in [0.2, 0.25) is 0 Å². The lowest BCUT2D eigenvalue weighted by Crippen LogP contribution is -2.39. The molecular formula is C27H30F3N7O2S. The Labute approximate surface area is 234 Å². The summed E-state index contributed by atoms with van der Waals surface area (Å²) in [6.45, 7) is 7.33. The highest BCUT2D eigenvalue weighted by Gasteiger charge is 2.31. The summed E-state index contributed by atoms with van der Waals surface area (Å²) >= 11 is 1.30. The van der Waals surface area contributed by atoms with Crippen LogP contribution >= 0.6 is 11.3 Å². The van der Waals surface area contributed by atoms with Crippen LogP contribution in [-0.2, 0) is 17.5 Å². The van der Waals surface area contributed by atoms with Gasteiger partial charge in [-0.15, -0.1) is 5.12 Å². The lowest BCUT2D eigenvalue weighted by molar-refractivity contribution is -0.137. The van der Waals surface area contributed by atoms with Gasteiger partial charge in [0, 0.05) is 50.2 Å². The highest BCUT2D eigenvalue weighted by Crippen LogP contribution is 2.34. The first-order valence-electron chi connectivity index (χ1n) is 12.4. The van der Waals surface area contributed by atoms with E-state index < -0.39 is 17.6 Å². The fourth-order valence-electron chi connectivity index (χ4n) is 3.98. The Kier molecular flexibility index (Phi) is 8.47. The molecule has 1 aliphatic heterocycles. The smallest absolute Gasteiger partial charge is 0.322 e. The minimum absolute atomic E-state index is 0.0600. The van der Waals surface area contributed by atoms with Gasteiger partial charge in [-0.05, 0) is 48.4 Å². The summed E-state index contributed by atoms with van der Waals surface area (Å²) in [4.78, 5) is 29.5. The number of thiazole rings is 1. The van der Waals surface area contributed by atoms with Crippen LogP contribution in [0.25, 0.3) is 5.70 Å². The van der Waals surface area contributed by atoms with E-state index in [-0.39, 0.29) is 29.7 Å². The van der Waals surface area contributed by atoms with Crippen LogP contribution in [0.3, 0.4) is 0 Å². The van der Waals surface area contributed by atoms with Crippen molar-refractivity contribution in [2.45, 2.75) is 46.5 Å². The number of alkyl halides is 3. The first-order chi connectivity index (χ1) is 18.8. The number of rotatable bonds is 8. The molecule has 212 valence electrons. The van der Waals surface area contributed by atoms with Crippen LogP contribution in [0.5, 0.6) is 0 Å². The van der Waals surface area contributed by atoms with Crippen molar-refractivity contribution in [3.8, 4) is 0 Å². The van der Waals surface area contributed by atoms with Gasteiger partial charge in [-0.2, -0.15) is 13.2 Å². The number of hydrazine groups is 2. The molecule has 2 aromatic carbocycles. The lowest BCUT2D eigenvalue weighted by atomic mass is 10.1. The molecule has 0 radical (unpaired) electrons. The molecule has 4 N–H and O–H groups in total. The second-order valence-electron chi connectivity index (χ2n) is 9.64. The van der Waals surface area contributed by atoms with Crippen LogP contribution in [-0.4, -0.2) is 35.0 Å². The van der Waals surface area contributed by atoms with Crippen molar-refractivity contribution < 1.29 is 22.8 Å². The Morgan fingerprint density at radius 1 is 1.12 bits per heavy atom. The van der Waals surface area contributed by atoms with Crippen molar-refractivity contribution in [2.75, 3.05) is 22.7 Å². The van der Waals surface area contributed by atoms with Gasteiger partial charge < -0.3 is 16.0 Å². The first-order valence-corrected chi connectivity index (χ1v) is 13.2. The van der Waals surface area contributed by atoms with E-state index >= 15 is 0 Å². The highest BCUT2D eigenvalue weighted by molar-refractivity contribution is 7.16. The van der Waals surface area contributed by atoms with Crippen LogP contribution in [0, 0.1) is 6.92 Å². The zero-order valence-corrected chi connectivity index (χ0v) is 23.4. The number of nitrogens with zero attached hydrogens (tertiary/aromatic N) is 3. The number of amides is 2. The molecule has 40 heavy (non-hydrogen) atoms. The molecule has 2 heterocycles. The molecule has 3 aromatic rings. The summed E-state index contributed by atoms with van der Waals surface area (Å²) in [5.41, 5.74) is 5.42. The Morgan fingerprint density at radius 2 is 1.88 bits per heavy atom. The van der Waals surface area contributed by atoms with E-state index in [1.807, 2.05) is 27.0 Å². The Balaban J connectivity index is 1.58. The third kappa shape index (κ3) is 6.97. The largest absolute Gasteiger partial charge is 0.416 e. The number of nitrogens with one attached hydrogen (secondary N) is 4. The van der Waals surface area contributed by atoms with Crippen molar-refractivity contribution in [1.29, 1.82) is 0 Å². The van der Waals surface area contributed by atoms with Crippen molar-refractivity contribution in [1.82, 2.24) is 20.8 Å². The summed E-state index contributed by atoms with van der Waals surface area (Å²) in [7, 11) is 1.79. The van der Waals surface area contributed by atoms with Gasteiger partial charge in [0.2, 0.25) is 5.91 Å². The summed E-state index contributed by atoms with van der Waals surface area (Å²) in [5.74, 6) is -0.753. The molecule has 0 bridgehead atoms. The fraction of sp³-hybridized carbons (Fsp3) is 0.296. The van der Waals surface area contributed by atoms with Gasteiger partial charge in [0.05, 0.1) is 21.8 Å². The molecule has 4 rings (SSSR count). The SMILES string of the molecule is CC(=O)Nc1ncc(C2=CN(c3cc(C(=O)Nc4cc(CNC(C)C)cc(C(F)(F)F)c4)ccc3C)N(C)N2)s1. The number of benzene rings is 2. The maximum atomic E-state index is 13.5. The topological polar surface area (TPSA) is 102 Å². The van der Waals surface area contributed by atoms with Gasteiger partial charge in [0.25, 0.3) is 5.91 Å². The average Bonchev–Trinajstić information content (AvgIpc) is 3.48. The second-order valence-corrected chi connectivity index (χ2v) is 10.7. The maximum Gasteiger partial charge on any atom is 0.416 e. The summed E-state index contributed by atoms with van der Waals surface area (Å²) in [6, 6.07) is 8.71. The van der Waals surface area contributed by atoms with Gasteiger partial charge in [-0.1, -0.05) is 31.3 Å². The molecule has 0 fully saturated rings. The summed E-state index contributed by atoms with van der Waals surface area (Å²) < 4.78 is 40.6. The van der Waals surface area contributed by atoms with Crippen molar-refractivity contribution in [3.05, 3.63) is 75.9 Å². The number of hydrogen-bond acceptors (Lipinski definition) is 8. The van der Waals surface area contributed by atoms with E-state index in [0.717, 1.165) is 28.3 Å². The van der Waals surface area contributed by atoms with E-state index in [1.54, 1.807) is 41.6 Å². The molecule has 1 aromatic heterocycles. The van der Waals surface area contributed by atoms with Crippen molar-refractivity contribution in [3.63, 3.8) is 0 Å². The predicted octanol–water partition coefficient (Wildman–Crippen LogP) is 5.35. The quantitative estimate of drug-likeness (QED) is 0.288. The highest BCUT2D eigenvalue weighted by atomic mass is 32.1. The number of anilines is 3. The molecule has 1 aliphatic rings. The standard InChI is InChI=1S/C27H30F3N7O2S/c1-15(2)31-12-18-8-20(27(28,29)30)11-21(9-18)34-25(39)19-7-6-16(3)23(10-19)37-14-22(35-36(37)5)24-13-32-26(40-24)33-17(4)38/h6-11,13-15,31,35H,12H2,1-5H3,(H,34,39)(H,32,33,38). The third-order valence-corrected chi connectivity index (χ3v) is 6.87. The number of aromatic nitrogens is 1. The molecule has 2 amide bonds. The van der Waals surface area contributed by atoms with Gasteiger partial charge in [-0.25, -0.2) is 4.98 Å². The Bertz CT molecular complexity index is 1450. The number of carbonyl (C=O) groups is 2. The second kappa shape index (κ2) is 11.7. The molecular weight excluding hydrogens is 543 g/mol. The van der Waals surface area contributed by atoms with E-state index in [9.17, 15) is 22.8 Å². The normalized spacial score (nSPS) is 13.8. The van der Waals surface area contributed by atoms with Crippen LogP contribution in [0.1, 0.15) is 52.7 Å². The van der Waals surface area contributed by atoms with E-state index in [1.165, 1.54) is 24.3 Å². The zero-order chi connectivity index (χ0) is 29.2. The van der Waals surface area contributed by atoms with Crippen molar-refractivity contribution >= 4 is 45.4 Å². The van der Waals surface area contributed by atoms with Gasteiger partial charge in [-0.3, -0.25) is 20.0 Å². The average molecular weight is 574 g/mol. The molecule has 0 saturated heterocycles. The molecule has 0 spiro atoms. The molecule has 13 heteroatoms. The van der Waals surface area contributed by atoms with E-state index in [2.05, 4.69) is 26.4 Å². The monoisotopic (exact) mass is 573 g/mol. The molecule has 0 unspecified atom stereocenters. The van der Waals surface area contributed by atoms with Crippen molar-refractivity contribution in [2.24, 2.45) is 0 Å². The lowest BCUT2D eigenvalue weighted by Gasteiger charge is -2.26. The number of halogens is 3. The summed E-state index contributed by atoms with van der Waals surface area (Å²) in [5, 5.41) is 12.4. The molecule has 0 saturated carbocycles. The fourth-order valence-corrected chi connectivity index (χ4v) is 4.80.